The second kappa shape index (κ2) is 4.38. The molecule has 0 atom stereocenters. The first kappa shape index (κ1) is 11.2. The number of ketones is 1. The molecule has 0 amide bonds. The molecule has 18 heavy (non-hydrogen) atoms. The molecule has 1 aromatic heterocycles. The van der Waals surface area contributed by atoms with Gasteiger partial charge in [0, 0.05) is 12.2 Å². The van der Waals surface area contributed by atoms with Crippen LogP contribution in [0.15, 0.2) is 30.3 Å². The molecule has 2 heterocycles. The van der Waals surface area contributed by atoms with E-state index in [1.165, 1.54) is 5.56 Å². The maximum absolute atomic E-state index is 11.9. The van der Waals surface area contributed by atoms with Crippen LogP contribution in [0.25, 0.3) is 0 Å². The number of benzene rings is 1. The molecule has 0 radical (unpaired) electrons. The molecule has 0 aliphatic carbocycles. The van der Waals surface area contributed by atoms with Gasteiger partial charge >= 0.3 is 0 Å². The van der Waals surface area contributed by atoms with Crippen LogP contribution < -0.4 is 5.32 Å². The molecular weight excluding hydrogens is 226 g/mol. The van der Waals surface area contributed by atoms with Crippen molar-refractivity contribution in [3.63, 3.8) is 0 Å². The van der Waals surface area contributed by atoms with Gasteiger partial charge in [0.2, 0.25) is 0 Å². The number of Topliss-reactive ketones (excluding diaryl/α,β-unsaturated/α-hetero) is 1. The van der Waals surface area contributed by atoms with Gasteiger partial charge in [-0.1, -0.05) is 30.3 Å². The Kier molecular flexibility index (Phi) is 2.72. The van der Waals surface area contributed by atoms with Crippen LogP contribution in [0.5, 0.6) is 0 Å². The predicted octanol–water partition coefficient (Wildman–Crippen LogP) is 1.53. The Bertz CT molecular complexity index is 587. The molecule has 0 saturated heterocycles. The third-order valence-electron chi connectivity index (χ3n) is 3.31. The summed E-state index contributed by atoms with van der Waals surface area (Å²) in [5, 5.41) is 7.60. The minimum Gasteiger partial charge on any atom is -0.304 e. The van der Waals surface area contributed by atoms with Gasteiger partial charge in [0.25, 0.3) is 0 Å². The lowest BCUT2D eigenvalue weighted by Crippen LogP contribution is -2.29. The number of carbonyl (C=O) groups excluding carboxylic acids is 1. The fourth-order valence-electron chi connectivity index (χ4n) is 2.39. The Morgan fingerprint density at radius 3 is 2.78 bits per heavy atom. The van der Waals surface area contributed by atoms with E-state index >= 15 is 0 Å². The molecule has 0 spiro atoms. The lowest BCUT2D eigenvalue weighted by molar-refractivity contribution is 0.0981. The summed E-state index contributed by atoms with van der Waals surface area (Å²) in [4.78, 5) is 11.9. The van der Waals surface area contributed by atoms with Gasteiger partial charge in [-0.3, -0.25) is 9.48 Å². The van der Waals surface area contributed by atoms with Crippen molar-refractivity contribution in [1.29, 1.82) is 0 Å². The topological polar surface area (TPSA) is 46.9 Å². The molecule has 92 valence electrons. The van der Waals surface area contributed by atoms with Crippen LogP contribution in [0.4, 0.5) is 0 Å². The number of fused-ring (bicyclic) bond motifs is 1. The maximum atomic E-state index is 11.9. The largest absolute Gasteiger partial charge is 0.304 e. The van der Waals surface area contributed by atoms with E-state index in [-0.39, 0.29) is 5.78 Å². The molecule has 1 N–H and O–H groups in total. The Balaban J connectivity index is 1.97. The average molecular weight is 241 g/mol. The monoisotopic (exact) mass is 241 g/mol. The van der Waals surface area contributed by atoms with E-state index in [0.717, 1.165) is 17.0 Å². The number of carbonyl (C=O) groups is 1. The van der Waals surface area contributed by atoms with Gasteiger partial charge in [-0.15, -0.1) is 0 Å². The zero-order valence-electron chi connectivity index (χ0n) is 10.3. The van der Waals surface area contributed by atoms with Crippen molar-refractivity contribution >= 4 is 5.78 Å². The van der Waals surface area contributed by atoms with Crippen molar-refractivity contribution in [3.05, 3.63) is 52.8 Å². The summed E-state index contributed by atoms with van der Waals surface area (Å²) in [6, 6.07) is 10.2. The lowest BCUT2D eigenvalue weighted by Gasteiger charge is -2.10. The summed E-state index contributed by atoms with van der Waals surface area (Å²) in [7, 11) is 0. The number of rotatable bonds is 2. The Hall–Kier alpha value is -1.94. The van der Waals surface area contributed by atoms with Crippen molar-refractivity contribution in [3.8, 4) is 0 Å². The molecule has 4 heteroatoms. The summed E-state index contributed by atoms with van der Waals surface area (Å²) in [6.45, 7) is 3.79. The standard InChI is InChI=1S/C14H15N3O/c1-10-14-12(7-15-8-13(14)18)16-17(10)9-11-5-3-2-4-6-11/h2-6,15H,7-9H2,1H3. The summed E-state index contributed by atoms with van der Waals surface area (Å²) in [6.07, 6.45) is 0. The summed E-state index contributed by atoms with van der Waals surface area (Å²) < 4.78 is 1.92. The first-order valence-corrected chi connectivity index (χ1v) is 6.10. The van der Waals surface area contributed by atoms with Crippen LogP contribution in [0.3, 0.4) is 0 Å². The van der Waals surface area contributed by atoms with E-state index in [0.29, 0.717) is 19.6 Å². The van der Waals surface area contributed by atoms with Crippen LogP contribution in [0, 0.1) is 6.92 Å². The molecule has 1 aliphatic rings. The third-order valence-corrected chi connectivity index (χ3v) is 3.31. The highest BCUT2D eigenvalue weighted by Gasteiger charge is 2.24. The van der Waals surface area contributed by atoms with E-state index in [2.05, 4.69) is 22.5 Å². The molecule has 4 nitrogen and oxygen atoms in total. The van der Waals surface area contributed by atoms with Gasteiger partial charge in [0.15, 0.2) is 5.78 Å². The highest BCUT2D eigenvalue weighted by molar-refractivity contribution is 6.00. The summed E-state index contributed by atoms with van der Waals surface area (Å²) in [5.41, 5.74) is 3.85. The molecule has 1 aromatic carbocycles. The zero-order chi connectivity index (χ0) is 12.5. The first-order valence-electron chi connectivity index (χ1n) is 6.10. The quantitative estimate of drug-likeness (QED) is 0.867. The minimum absolute atomic E-state index is 0.146. The van der Waals surface area contributed by atoms with E-state index < -0.39 is 0 Å². The Morgan fingerprint density at radius 1 is 1.28 bits per heavy atom. The number of hydrogen-bond acceptors (Lipinski definition) is 3. The van der Waals surface area contributed by atoms with Crippen LogP contribution in [0.2, 0.25) is 0 Å². The smallest absolute Gasteiger partial charge is 0.180 e. The van der Waals surface area contributed by atoms with Crippen molar-refractivity contribution in [1.82, 2.24) is 15.1 Å². The predicted molar refractivity (Wildman–Crippen MR) is 68.5 cm³/mol. The molecule has 2 aromatic rings. The molecule has 1 aliphatic heterocycles. The van der Waals surface area contributed by atoms with Gasteiger partial charge in [0.1, 0.15) is 0 Å². The van der Waals surface area contributed by atoms with Crippen molar-refractivity contribution in [2.75, 3.05) is 6.54 Å². The first-order chi connectivity index (χ1) is 8.75. The average Bonchev–Trinajstić information content (AvgIpc) is 2.69. The van der Waals surface area contributed by atoms with E-state index in [1.54, 1.807) is 0 Å². The molecule has 0 bridgehead atoms. The Morgan fingerprint density at radius 2 is 2.06 bits per heavy atom. The minimum atomic E-state index is 0.146. The number of hydrogen-bond donors (Lipinski definition) is 1. The Labute approximate surface area is 106 Å². The van der Waals surface area contributed by atoms with Crippen molar-refractivity contribution in [2.24, 2.45) is 0 Å². The summed E-state index contributed by atoms with van der Waals surface area (Å²) >= 11 is 0. The van der Waals surface area contributed by atoms with Gasteiger partial charge < -0.3 is 5.32 Å². The highest BCUT2D eigenvalue weighted by atomic mass is 16.1. The van der Waals surface area contributed by atoms with Crippen LogP contribution in [-0.4, -0.2) is 22.1 Å². The molecule has 3 rings (SSSR count). The van der Waals surface area contributed by atoms with Crippen LogP contribution in [-0.2, 0) is 13.1 Å². The SMILES string of the molecule is Cc1c2c(nn1Cc1ccccc1)CNCC2=O. The summed E-state index contributed by atoms with van der Waals surface area (Å²) in [5.74, 6) is 0.146. The zero-order valence-corrected chi connectivity index (χ0v) is 10.3. The lowest BCUT2D eigenvalue weighted by atomic mass is 10.1. The van der Waals surface area contributed by atoms with Gasteiger partial charge in [-0.05, 0) is 12.5 Å². The second-order valence-electron chi connectivity index (χ2n) is 4.58. The van der Waals surface area contributed by atoms with Gasteiger partial charge in [-0.25, -0.2) is 0 Å². The molecule has 0 saturated carbocycles. The van der Waals surface area contributed by atoms with E-state index in [4.69, 9.17) is 0 Å². The molecular formula is C14H15N3O. The van der Waals surface area contributed by atoms with E-state index in [1.807, 2.05) is 29.8 Å². The fraction of sp³-hybridized carbons (Fsp3) is 0.286. The van der Waals surface area contributed by atoms with Crippen molar-refractivity contribution < 1.29 is 4.79 Å². The number of aromatic nitrogens is 2. The molecule has 0 unspecified atom stereocenters. The van der Waals surface area contributed by atoms with Crippen molar-refractivity contribution in [2.45, 2.75) is 20.0 Å². The number of nitrogens with zero attached hydrogens (tertiary/aromatic N) is 2. The second-order valence-corrected chi connectivity index (χ2v) is 4.58. The van der Waals surface area contributed by atoms with E-state index in [9.17, 15) is 4.79 Å². The van der Waals surface area contributed by atoms with Crippen LogP contribution >= 0.6 is 0 Å². The van der Waals surface area contributed by atoms with Crippen LogP contribution in [0.1, 0.15) is 27.3 Å². The normalized spacial score (nSPS) is 14.6. The fourth-order valence-corrected chi connectivity index (χ4v) is 2.39. The third kappa shape index (κ3) is 1.84. The number of nitrogens with one attached hydrogen (secondary N) is 1. The van der Waals surface area contributed by atoms with Gasteiger partial charge in [-0.2, -0.15) is 5.10 Å². The maximum Gasteiger partial charge on any atom is 0.180 e. The molecule has 0 fully saturated rings. The highest BCUT2D eigenvalue weighted by Crippen LogP contribution is 2.18. The van der Waals surface area contributed by atoms with Gasteiger partial charge in [0.05, 0.1) is 24.3 Å².